The van der Waals surface area contributed by atoms with Gasteiger partial charge in [-0.15, -0.1) is 0 Å². The van der Waals surface area contributed by atoms with Crippen molar-refractivity contribution in [3.8, 4) is 0 Å². The fraction of sp³-hybridized carbons (Fsp3) is 0.643. The van der Waals surface area contributed by atoms with Crippen LogP contribution >= 0.6 is 0 Å². The number of aryl methyl sites for hydroxylation is 1. The third kappa shape index (κ3) is 2.44. The summed E-state index contributed by atoms with van der Waals surface area (Å²) in [5.41, 5.74) is 0.949. The molecule has 1 N–H and O–H groups in total. The average molecular weight is 232 g/mol. The van der Waals surface area contributed by atoms with Gasteiger partial charge in [0.2, 0.25) is 0 Å². The van der Waals surface area contributed by atoms with Crippen molar-refractivity contribution in [3.05, 3.63) is 23.6 Å². The minimum absolute atomic E-state index is 0.660. The monoisotopic (exact) mass is 232 g/mol. The quantitative estimate of drug-likeness (QED) is 0.852. The van der Waals surface area contributed by atoms with Gasteiger partial charge in [0.1, 0.15) is 0 Å². The molecule has 3 nitrogen and oxygen atoms in total. The van der Waals surface area contributed by atoms with Gasteiger partial charge in [-0.3, -0.25) is 0 Å². The van der Waals surface area contributed by atoms with E-state index in [1.165, 1.54) is 32.1 Å². The third-order valence-corrected chi connectivity index (χ3v) is 4.04. The molecule has 17 heavy (non-hydrogen) atoms. The Morgan fingerprint density at radius 3 is 3.12 bits per heavy atom. The summed E-state index contributed by atoms with van der Waals surface area (Å²) in [7, 11) is 0. The minimum Gasteiger partial charge on any atom is -0.357 e. The highest BCUT2D eigenvalue weighted by molar-refractivity contribution is 5.43. The number of aromatic nitrogens is 1. The summed E-state index contributed by atoms with van der Waals surface area (Å²) in [6.45, 7) is 1.95. The van der Waals surface area contributed by atoms with Crippen LogP contribution in [0, 0.1) is 12.8 Å². The number of fused-ring (bicyclic) bond motifs is 2. The van der Waals surface area contributed by atoms with E-state index in [4.69, 9.17) is 4.52 Å². The maximum atomic E-state index is 5.21. The van der Waals surface area contributed by atoms with E-state index in [9.17, 15) is 0 Å². The third-order valence-electron chi connectivity index (χ3n) is 4.04. The minimum atomic E-state index is 0.660. The van der Waals surface area contributed by atoms with E-state index in [2.05, 4.69) is 22.6 Å². The van der Waals surface area contributed by atoms with Gasteiger partial charge in [-0.05, 0) is 44.6 Å². The zero-order chi connectivity index (χ0) is 11.7. The Hall–Kier alpha value is -1.09. The van der Waals surface area contributed by atoms with Crippen molar-refractivity contribution < 1.29 is 4.52 Å². The molecule has 3 atom stereocenters. The summed E-state index contributed by atoms with van der Waals surface area (Å²) in [5.74, 6) is 1.54. The van der Waals surface area contributed by atoms with Crippen LogP contribution in [0.15, 0.2) is 16.7 Å². The number of rotatable bonds is 2. The molecule has 1 aromatic heterocycles. The van der Waals surface area contributed by atoms with Gasteiger partial charge in [0, 0.05) is 18.2 Å². The first-order valence-corrected chi connectivity index (χ1v) is 6.69. The first-order chi connectivity index (χ1) is 8.31. The van der Waals surface area contributed by atoms with Crippen molar-refractivity contribution in [2.24, 2.45) is 5.92 Å². The van der Waals surface area contributed by atoms with Crippen LogP contribution in [0.1, 0.15) is 43.6 Å². The molecule has 2 aliphatic heterocycles. The van der Waals surface area contributed by atoms with Crippen molar-refractivity contribution in [3.63, 3.8) is 0 Å². The molecule has 3 rings (SSSR count). The molecule has 0 spiro atoms. The first-order valence-electron chi connectivity index (χ1n) is 6.69. The van der Waals surface area contributed by atoms with Crippen molar-refractivity contribution in [2.45, 2.75) is 51.1 Å². The molecule has 0 aliphatic carbocycles. The Kier molecular flexibility index (Phi) is 3.02. The fourth-order valence-electron chi connectivity index (χ4n) is 3.13. The van der Waals surface area contributed by atoms with Crippen LogP contribution in [-0.4, -0.2) is 17.2 Å². The molecule has 0 radical (unpaired) electrons. The van der Waals surface area contributed by atoms with Crippen LogP contribution in [0.2, 0.25) is 0 Å². The average Bonchev–Trinajstić information content (AvgIpc) is 2.85. The van der Waals surface area contributed by atoms with Crippen LogP contribution in [0.4, 0.5) is 0 Å². The fourth-order valence-corrected chi connectivity index (χ4v) is 3.13. The molecule has 2 saturated heterocycles. The van der Waals surface area contributed by atoms with E-state index in [1.807, 2.05) is 13.0 Å². The molecular weight excluding hydrogens is 212 g/mol. The van der Waals surface area contributed by atoms with Crippen molar-refractivity contribution >= 4 is 6.08 Å². The lowest BCUT2D eigenvalue weighted by Crippen LogP contribution is -2.31. The smallest absolute Gasteiger partial charge is 0.159 e. The van der Waals surface area contributed by atoms with Gasteiger partial charge in [-0.2, -0.15) is 0 Å². The summed E-state index contributed by atoms with van der Waals surface area (Å²) in [6.07, 6.45) is 11.1. The molecule has 2 bridgehead atoms. The number of hydrogen-bond donors (Lipinski definition) is 1. The number of nitrogens with one attached hydrogen (secondary N) is 1. The predicted molar refractivity (Wildman–Crippen MR) is 67.6 cm³/mol. The zero-order valence-corrected chi connectivity index (χ0v) is 10.4. The van der Waals surface area contributed by atoms with Crippen molar-refractivity contribution in [1.82, 2.24) is 10.5 Å². The van der Waals surface area contributed by atoms with Crippen LogP contribution in [-0.2, 0) is 0 Å². The summed E-state index contributed by atoms with van der Waals surface area (Å²) in [4.78, 5) is 0. The largest absolute Gasteiger partial charge is 0.357 e. The van der Waals surface area contributed by atoms with Crippen molar-refractivity contribution in [1.29, 1.82) is 0 Å². The summed E-state index contributed by atoms with van der Waals surface area (Å²) >= 11 is 0. The topological polar surface area (TPSA) is 38.1 Å². The van der Waals surface area contributed by atoms with Crippen LogP contribution in [0.25, 0.3) is 6.08 Å². The molecule has 3 heterocycles. The Balaban J connectivity index is 1.69. The number of nitrogens with zero attached hydrogens (tertiary/aromatic N) is 1. The summed E-state index contributed by atoms with van der Waals surface area (Å²) in [6, 6.07) is 3.45. The SMILES string of the molecule is Cc1cc(/C=C/C2CCCC3CCC2N3)on1. The molecule has 0 aromatic carbocycles. The highest BCUT2D eigenvalue weighted by Crippen LogP contribution is 2.31. The Bertz CT molecular complexity index is 410. The lowest BCUT2D eigenvalue weighted by atomic mass is 9.90. The Morgan fingerprint density at radius 2 is 2.29 bits per heavy atom. The maximum absolute atomic E-state index is 5.21. The van der Waals surface area contributed by atoms with E-state index < -0.39 is 0 Å². The highest BCUT2D eigenvalue weighted by Gasteiger charge is 2.31. The van der Waals surface area contributed by atoms with Gasteiger partial charge in [0.05, 0.1) is 5.69 Å². The summed E-state index contributed by atoms with van der Waals surface area (Å²) in [5, 5.41) is 7.65. The molecule has 92 valence electrons. The Labute approximate surface area is 102 Å². The molecule has 3 unspecified atom stereocenters. The van der Waals surface area contributed by atoms with Crippen molar-refractivity contribution in [2.75, 3.05) is 0 Å². The van der Waals surface area contributed by atoms with Gasteiger partial charge < -0.3 is 9.84 Å². The first kappa shape index (κ1) is 11.0. The van der Waals surface area contributed by atoms with Gasteiger partial charge in [0.25, 0.3) is 0 Å². The standard InChI is InChI=1S/C14H20N2O/c1-10-9-13(17-16-10)7-5-11-3-2-4-12-6-8-14(11)15-12/h5,7,9,11-12,14-15H,2-4,6,8H2,1H3/b7-5+. The normalized spacial score (nSPS) is 33.1. The lowest BCUT2D eigenvalue weighted by molar-refractivity contribution is 0.406. The summed E-state index contributed by atoms with van der Waals surface area (Å²) < 4.78 is 5.21. The van der Waals surface area contributed by atoms with Crippen LogP contribution in [0.3, 0.4) is 0 Å². The predicted octanol–water partition coefficient (Wildman–Crippen LogP) is 2.92. The maximum Gasteiger partial charge on any atom is 0.159 e. The van der Waals surface area contributed by atoms with Crippen LogP contribution in [0.5, 0.6) is 0 Å². The molecule has 1 aromatic rings. The molecular formula is C14H20N2O. The van der Waals surface area contributed by atoms with E-state index in [-0.39, 0.29) is 0 Å². The van der Waals surface area contributed by atoms with Crippen LogP contribution < -0.4 is 5.32 Å². The van der Waals surface area contributed by atoms with Gasteiger partial charge >= 0.3 is 0 Å². The number of hydrogen-bond acceptors (Lipinski definition) is 3. The van der Waals surface area contributed by atoms with E-state index in [0.29, 0.717) is 12.0 Å². The van der Waals surface area contributed by atoms with Gasteiger partial charge in [-0.1, -0.05) is 17.7 Å². The van der Waals surface area contributed by atoms with E-state index >= 15 is 0 Å². The molecule has 3 heteroatoms. The second kappa shape index (κ2) is 4.65. The molecule has 2 fully saturated rings. The highest BCUT2D eigenvalue weighted by atomic mass is 16.5. The lowest BCUT2D eigenvalue weighted by Gasteiger charge is -2.18. The van der Waals surface area contributed by atoms with E-state index in [0.717, 1.165) is 17.5 Å². The molecule has 0 amide bonds. The molecule has 0 saturated carbocycles. The second-order valence-corrected chi connectivity index (χ2v) is 5.37. The Morgan fingerprint density at radius 1 is 1.35 bits per heavy atom. The van der Waals surface area contributed by atoms with Gasteiger partial charge in [-0.25, -0.2) is 0 Å². The zero-order valence-electron chi connectivity index (χ0n) is 10.4. The van der Waals surface area contributed by atoms with E-state index in [1.54, 1.807) is 0 Å². The molecule has 2 aliphatic rings. The second-order valence-electron chi connectivity index (χ2n) is 5.37. The van der Waals surface area contributed by atoms with Gasteiger partial charge in [0.15, 0.2) is 5.76 Å².